The standard InChI is InChI=1S/C33H58O3Si2/c1-23-16-19-27-32(8,9)20-15-21-33(27,10)28(23)29(34)25-22-24(35-37(11,12)30(2,3)4)17-18-26(25)36-38(13,14)31(5,6)7/h17-18,22,27,29,34H,15-16,19-21H2,1-14H3/t27-,29?,33-/m0/s1. The lowest BCUT2D eigenvalue weighted by atomic mass is 9.49. The van der Waals surface area contributed by atoms with Gasteiger partial charge in [0.25, 0.3) is 0 Å². The van der Waals surface area contributed by atoms with Crippen molar-refractivity contribution < 1.29 is 14.0 Å². The molecule has 1 unspecified atom stereocenters. The Labute approximate surface area is 237 Å². The summed E-state index contributed by atoms with van der Waals surface area (Å²) in [5.41, 5.74) is 3.76. The highest BCUT2D eigenvalue weighted by atomic mass is 28.4. The summed E-state index contributed by atoms with van der Waals surface area (Å²) in [6, 6.07) is 6.25. The normalized spacial score (nSPS) is 25.6. The Morgan fingerprint density at radius 2 is 1.45 bits per heavy atom. The maximum absolute atomic E-state index is 12.4. The number of aliphatic hydroxyl groups excluding tert-OH is 1. The third-order valence-electron chi connectivity index (χ3n) is 11.0. The van der Waals surface area contributed by atoms with Gasteiger partial charge in [0.1, 0.15) is 17.6 Å². The average Bonchev–Trinajstić information content (AvgIpc) is 2.71. The van der Waals surface area contributed by atoms with Crippen LogP contribution in [0.15, 0.2) is 29.3 Å². The maximum atomic E-state index is 12.4. The summed E-state index contributed by atoms with van der Waals surface area (Å²) in [7, 11) is -4.16. The molecular weight excluding hydrogens is 501 g/mol. The fourth-order valence-electron chi connectivity index (χ4n) is 6.61. The molecule has 0 radical (unpaired) electrons. The van der Waals surface area contributed by atoms with Gasteiger partial charge in [-0.2, -0.15) is 0 Å². The minimum Gasteiger partial charge on any atom is -0.543 e. The average molecular weight is 559 g/mol. The van der Waals surface area contributed by atoms with Crippen LogP contribution in [-0.4, -0.2) is 21.7 Å². The molecule has 3 atom stereocenters. The van der Waals surface area contributed by atoms with Gasteiger partial charge >= 0.3 is 0 Å². The molecule has 5 heteroatoms. The molecule has 0 amide bonds. The zero-order chi connectivity index (χ0) is 29.1. The minimum atomic E-state index is -2.12. The summed E-state index contributed by atoms with van der Waals surface area (Å²) in [6.45, 7) is 32.3. The van der Waals surface area contributed by atoms with Gasteiger partial charge in [0.15, 0.2) is 0 Å². The van der Waals surface area contributed by atoms with Crippen molar-refractivity contribution >= 4 is 16.6 Å². The Kier molecular flexibility index (Phi) is 8.37. The van der Waals surface area contributed by atoms with Crippen LogP contribution in [0.4, 0.5) is 0 Å². The number of hydrogen-bond donors (Lipinski definition) is 1. The van der Waals surface area contributed by atoms with E-state index >= 15 is 0 Å². The molecule has 216 valence electrons. The van der Waals surface area contributed by atoms with Crippen molar-refractivity contribution in [3.8, 4) is 11.5 Å². The molecule has 1 N–H and O–H groups in total. The van der Waals surface area contributed by atoms with Crippen molar-refractivity contribution in [3.05, 3.63) is 34.9 Å². The number of hydrogen-bond acceptors (Lipinski definition) is 3. The number of rotatable bonds is 6. The molecule has 0 aromatic heterocycles. The predicted molar refractivity (Wildman–Crippen MR) is 168 cm³/mol. The van der Waals surface area contributed by atoms with E-state index in [-0.39, 0.29) is 20.9 Å². The van der Waals surface area contributed by atoms with Gasteiger partial charge in [-0.25, -0.2) is 0 Å². The molecule has 38 heavy (non-hydrogen) atoms. The van der Waals surface area contributed by atoms with Gasteiger partial charge in [0.05, 0.1) is 0 Å². The third kappa shape index (κ3) is 5.86. The van der Waals surface area contributed by atoms with Gasteiger partial charge in [-0.1, -0.05) is 74.3 Å². The van der Waals surface area contributed by atoms with Crippen LogP contribution in [0.5, 0.6) is 11.5 Å². The number of allylic oxidation sites excluding steroid dienone is 1. The SMILES string of the molecule is CC1=C(C(O)c2cc(O[Si](C)(C)C(C)(C)C)ccc2O[Si](C)(C)C(C)(C)C)[C@@]2(C)CCCC(C)(C)[C@@H]2CC1. The van der Waals surface area contributed by atoms with Crippen molar-refractivity contribution in [2.75, 3.05) is 0 Å². The molecule has 0 aliphatic heterocycles. The van der Waals surface area contributed by atoms with Crippen LogP contribution in [0.3, 0.4) is 0 Å². The third-order valence-corrected chi connectivity index (χ3v) is 19.7. The second-order valence-corrected chi connectivity index (χ2v) is 25.8. The molecule has 2 aliphatic rings. The summed E-state index contributed by atoms with van der Waals surface area (Å²) >= 11 is 0. The lowest BCUT2D eigenvalue weighted by molar-refractivity contribution is -0.00447. The first kappa shape index (κ1) is 31.5. The minimum absolute atomic E-state index is 0.00592. The van der Waals surface area contributed by atoms with Crippen molar-refractivity contribution in [1.82, 2.24) is 0 Å². The van der Waals surface area contributed by atoms with Gasteiger partial charge < -0.3 is 14.0 Å². The number of aliphatic hydroxyl groups is 1. The fraction of sp³-hybridized carbons (Fsp3) is 0.758. The topological polar surface area (TPSA) is 38.7 Å². The van der Waals surface area contributed by atoms with E-state index in [1.165, 1.54) is 30.4 Å². The molecule has 0 saturated heterocycles. The Bertz CT molecular complexity index is 1050. The van der Waals surface area contributed by atoms with Crippen molar-refractivity contribution in [3.63, 3.8) is 0 Å². The Balaban J connectivity index is 2.16. The molecule has 1 aromatic rings. The molecule has 0 spiro atoms. The van der Waals surface area contributed by atoms with Crippen LogP contribution < -0.4 is 8.85 Å². The van der Waals surface area contributed by atoms with Gasteiger partial charge in [-0.15, -0.1) is 0 Å². The zero-order valence-corrected chi connectivity index (χ0v) is 29.2. The van der Waals surface area contributed by atoms with Gasteiger partial charge in [-0.3, -0.25) is 0 Å². The van der Waals surface area contributed by atoms with Crippen LogP contribution in [-0.2, 0) is 0 Å². The predicted octanol–water partition coefficient (Wildman–Crippen LogP) is 10.4. The van der Waals surface area contributed by atoms with Crippen molar-refractivity contribution in [1.29, 1.82) is 0 Å². The van der Waals surface area contributed by atoms with E-state index in [1.54, 1.807) is 0 Å². The molecule has 2 aliphatic carbocycles. The largest absolute Gasteiger partial charge is 0.543 e. The summed E-state index contributed by atoms with van der Waals surface area (Å²) in [5, 5.41) is 12.5. The lowest BCUT2D eigenvalue weighted by Crippen LogP contribution is -2.47. The molecule has 3 rings (SSSR count). The van der Waals surface area contributed by atoms with E-state index in [2.05, 4.69) is 114 Å². The molecule has 3 nitrogen and oxygen atoms in total. The molecule has 1 fully saturated rings. The summed E-state index contributed by atoms with van der Waals surface area (Å²) in [5.74, 6) is 2.26. The Morgan fingerprint density at radius 3 is 2.00 bits per heavy atom. The number of fused-ring (bicyclic) bond motifs is 1. The van der Waals surface area contributed by atoms with E-state index in [1.807, 2.05) is 0 Å². The summed E-state index contributed by atoms with van der Waals surface area (Å²) in [6.07, 6.45) is 5.21. The molecule has 1 aromatic carbocycles. The fourth-order valence-corrected chi connectivity index (χ4v) is 8.67. The monoisotopic (exact) mass is 558 g/mol. The second-order valence-electron chi connectivity index (χ2n) is 16.4. The number of benzene rings is 1. The summed E-state index contributed by atoms with van der Waals surface area (Å²) < 4.78 is 13.7. The first-order valence-corrected chi connectivity index (χ1v) is 20.8. The van der Waals surface area contributed by atoms with Gasteiger partial charge in [0.2, 0.25) is 16.6 Å². The van der Waals surface area contributed by atoms with Crippen LogP contribution in [0.2, 0.25) is 36.3 Å². The van der Waals surface area contributed by atoms with E-state index in [0.717, 1.165) is 29.9 Å². The Morgan fingerprint density at radius 1 is 0.895 bits per heavy atom. The summed E-state index contributed by atoms with van der Waals surface area (Å²) in [4.78, 5) is 0. The first-order valence-electron chi connectivity index (χ1n) is 14.9. The Hall–Kier alpha value is -1.05. The van der Waals surface area contributed by atoms with Crippen LogP contribution in [0, 0.1) is 16.7 Å². The highest BCUT2D eigenvalue weighted by Gasteiger charge is 2.52. The lowest BCUT2D eigenvalue weighted by Gasteiger charge is -2.56. The molecule has 0 heterocycles. The van der Waals surface area contributed by atoms with Crippen molar-refractivity contribution in [2.45, 2.75) is 144 Å². The molecule has 0 bridgehead atoms. The smallest absolute Gasteiger partial charge is 0.250 e. The molecule has 1 saturated carbocycles. The van der Waals surface area contributed by atoms with Gasteiger partial charge in [0, 0.05) is 5.56 Å². The second kappa shape index (κ2) is 10.1. The first-order chi connectivity index (χ1) is 17.0. The van der Waals surface area contributed by atoms with Crippen LogP contribution in [0.1, 0.15) is 113 Å². The van der Waals surface area contributed by atoms with Crippen LogP contribution >= 0.6 is 0 Å². The quantitative estimate of drug-likeness (QED) is 0.279. The van der Waals surface area contributed by atoms with E-state index in [0.29, 0.717) is 5.92 Å². The maximum Gasteiger partial charge on any atom is 0.250 e. The van der Waals surface area contributed by atoms with E-state index in [4.69, 9.17) is 8.85 Å². The van der Waals surface area contributed by atoms with E-state index < -0.39 is 22.7 Å². The van der Waals surface area contributed by atoms with Crippen molar-refractivity contribution in [2.24, 2.45) is 16.7 Å². The zero-order valence-electron chi connectivity index (χ0n) is 27.2. The van der Waals surface area contributed by atoms with Gasteiger partial charge in [-0.05, 0) is 109 Å². The van der Waals surface area contributed by atoms with E-state index in [9.17, 15) is 5.11 Å². The highest BCUT2D eigenvalue weighted by Crippen LogP contribution is 2.62. The highest BCUT2D eigenvalue weighted by molar-refractivity contribution is 6.75. The molecular formula is C33H58O3Si2. The van der Waals surface area contributed by atoms with Crippen LogP contribution in [0.25, 0.3) is 0 Å².